The van der Waals surface area contributed by atoms with E-state index < -0.39 is 44.1 Å². The molecule has 0 atom stereocenters. The highest BCUT2D eigenvalue weighted by Crippen LogP contribution is 2.17. The van der Waals surface area contributed by atoms with Crippen molar-refractivity contribution in [3.63, 3.8) is 0 Å². The van der Waals surface area contributed by atoms with Gasteiger partial charge < -0.3 is 30.9 Å². The fourth-order valence-electron chi connectivity index (χ4n) is 2.31. The number of nitrogens with zero attached hydrogens (tertiary/aromatic N) is 6. The van der Waals surface area contributed by atoms with Crippen molar-refractivity contribution in [2.75, 3.05) is 39.2 Å². The zero-order valence-corrected chi connectivity index (χ0v) is 16.1. The molecule has 14 nitrogen and oxygen atoms in total. The highest BCUT2D eigenvalue weighted by atomic mass is 16.5. The van der Waals surface area contributed by atoms with E-state index in [1.165, 1.54) is 0 Å². The molecule has 0 aliphatic rings. The molecule has 2 amide bonds. The minimum absolute atomic E-state index is 0.00781. The fraction of sp³-hybridized carbons (Fsp3) is 0.600. The molecule has 0 radical (unpaired) electrons. The third-order valence-corrected chi connectivity index (χ3v) is 3.81. The SMILES string of the molecule is CN(C)CCC(=O)Nc1nn(CC(N)=O)c2c(=O)n(COC(CO)CO)nnc12. The average molecular weight is 412 g/mol. The van der Waals surface area contributed by atoms with Gasteiger partial charge >= 0.3 is 0 Å². The molecule has 0 saturated carbocycles. The lowest BCUT2D eigenvalue weighted by Gasteiger charge is -2.12. The minimum atomic E-state index is -0.901. The third kappa shape index (κ3) is 5.77. The van der Waals surface area contributed by atoms with Crippen LogP contribution < -0.4 is 16.6 Å². The number of aromatic nitrogens is 5. The van der Waals surface area contributed by atoms with E-state index in [2.05, 4.69) is 20.7 Å². The Morgan fingerprint density at radius 1 is 1.28 bits per heavy atom. The van der Waals surface area contributed by atoms with Gasteiger partial charge in [0.15, 0.2) is 16.9 Å². The zero-order chi connectivity index (χ0) is 21.6. The predicted molar refractivity (Wildman–Crippen MR) is 99.6 cm³/mol. The Balaban J connectivity index is 2.37. The topological polar surface area (TPSA) is 191 Å². The summed E-state index contributed by atoms with van der Waals surface area (Å²) in [4.78, 5) is 38.0. The molecule has 0 aliphatic carbocycles. The molecule has 0 saturated heterocycles. The van der Waals surface area contributed by atoms with Crippen molar-refractivity contribution in [2.24, 2.45) is 5.73 Å². The van der Waals surface area contributed by atoms with Crippen LogP contribution in [0.25, 0.3) is 11.0 Å². The summed E-state index contributed by atoms with van der Waals surface area (Å²) < 4.78 is 7.03. The number of carbonyl (C=O) groups is 2. The van der Waals surface area contributed by atoms with Crippen molar-refractivity contribution < 1.29 is 24.5 Å². The molecule has 0 aromatic carbocycles. The Hall–Kier alpha value is -2.94. The van der Waals surface area contributed by atoms with Crippen LogP contribution in [0, 0.1) is 0 Å². The minimum Gasteiger partial charge on any atom is -0.394 e. The number of anilines is 1. The summed E-state index contributed by atoms with van der Waals surface area (Å²) in [6.45, 7) is -1.23. The van der Waals surface area contributed by atoms with Crippen LogP contribution >= 0.6 is 0 Å². The number of carbonyl (C=O) groups excluding carboxylic acids is 2. The number of hydrogen-bond acceptors (Lipinski definition) is 10. The van der Waals surface area contributed by atoms with Gasteiger partial charge in [-0.25, -0.2) is 4.68 Å². The van der Waals surface area contributed by atoms with Crippen LogP contribution in [0.2, 0.25) is 0 Å². The maximum atomic E-state index is 12.8. The number of ether oxygens (including phenoxy) is 1. The van der Waals surface area contributed by atoms with E-state index in [-0.39, 0.29) is 29.2 Å². The largest absolute Gasteiger partial charge is 0.394 e. The Kier molecular flexibility index (Phi) is 7.72. The second-order valence-electron chi connectivity index (χ2n) is 6.45. The lowest BCUT2D eigenvalue weighted by Crippen LogP contribution is -2.31. The molecule has 14 heteroatoms. The van der Waals surface area contributed by atoms with E-state index in [9.17, 15) is 14.4 Å². The first-order chi connectivity index (χ1) is 13.8. The van der Waals surface area contributed by atoms with Gasteiger partial charge in [0.25, 0.3) is 5.56 Å². The van der Waals surface area contributed by atoms with Crippen LogP contribution in [0.4, 0.5) is 5.82 Å². The summed E-state index contributed by atoms with van der Waals surface area (Å²) in [5, 5.41) is 32.3. The van der Waals surface area contributed by atoms with Gasteiger partial charge in [-0.3, -0.25) is 14.4 Å². The monoisotopic (exact) mass is 412 g/mol. The van der Waals surface area contributed by atoms with E-state index in [0.29, 0.717) is 6.54 Å². The van der Waals surface area contributed by atoms with Crippen LogP contribution in [-0.2, 0) is 27.6 Å². The molecule has 29 heavy (non-hydrogen) atoms. The molecule has 160 valence electrons. The number of hydrogen-bond donors (Lipinski definition) is 4. The number of aliphatic hydroxyl groups excluding tert-OH is 2. The van der Waals surface area contributed by atoms with E-state index in [4.69, 9.17) is 20.7 Å². The predicted octanol–water partition coefficient (Wildman–Crippen LogP) is -3.31. The van der Waals surface area contributed by atoms with Gasteiger partial charge in [-0.05, 0) is 14.1 Å². The number of rotatable bonds is 11. The fourth-order valence-corrected chi connectivity index (χ4v) is 2.31. The van der Waals surface area contributed by atoms with Crippen molar-refractivity contribution in [1.82, 2.24) is 29.7 Å². The molecule has 0 spiro atoms. The number of nitrogens with two attached hydrogens (primary N) is 1. The molecular weight excluding hydrogens is 388 g/mol. The normalized spacial score (nSPS) is 11.5. The molecule has 0 bridgehead atoms. The summed E-state index contributed by atoms with van der Waals surface area (Å²) in [6.07, 6.45) is -0.722. The first-order valence-electron chi connectivity index (χ1n) is 8.67. The smallest absolute Gasteiger partial charge is 0.298 e. The molecule has 2 heterocycles. The van der Waals surface area contributed by atoms with Crippen molar-refractivity contribution in [3.8, 4) is 0 Å². The molecule has 2 aromatic heterocycles. The van der Waals surface area contributed by atoms with Crippen LogP contribution in [0.3, 0.4) is 0 Å². The molecule has 5 N–H and O–H groups in total. The standard InChI is InChI=1S/C15H24N8O6/c1-21(2)4-3-11(27)17-14-12-13(22(19-14)5-10(16)26)15(28)23(20-18-12)8-29-9(6-24)7-25/h9,24-25H,3-8H2,1-2H3,(H2,16,26)(H,17,19,27). The maximum Gasteiger partial charge on any atom is 0.298 e. The van der Waals surface area contributed by atoms with Gasteiger partial charge in [0.1, 0.15) is 19.4 Å². The van der Waals surface area contributed by atoms with Crippen LogP contribution in [0.15, 0.2) is 4.79 Å². The van der Waals surface area contributed by atoms with Gasteiger partial charge in [-0.15, -0.1) is 5.10 Å². The number of fused-ring (bicyclic) bond motifs is 1. The van der Waals surface area contributed by atoms with E-state index in [0.717, 1.165) is 9.36 Å². The van der Waals surface area contributed by atoms with Gasteiger partial charge in [0.2, 0.25) is 11.8 Å². The van der Waals surface area contributed by atoms with Crippen molar-refractivity contribution in [1.29, 1.82) is 0 Å². The molecule has 2 rings (SSSR count). The summed E-state index contributed by atoms with van der Waals surface area (Å²) in [7, 11) is 3.64. The van der Waals surface area contributed by atoms with Gasteiger partial charge in [-0.1, -0.05) is 5.21 Å². The van der Waals surface area contributed by atoms with Crippen LogP contribution in [0.5, 0.6) is 0 Å². The lowest BCUT2D eigenvalue weighted by molar-refractivity contribution is -0.118. The Labute approximate surface area is 164 Å². The van der Waals surface area contributed by atoms with Crippen molar-refractivity contribution in [2.45, 2.75) is 25.8 Å². The quantitative estimate of drug-likeness (QED) is 0.290. The van der Waals surface area contributed by atoms with Gasteiger partial charge in [-0.2, -0.15) is 9.78 Å². The van der Waals surface area contributed by atoms with Crippen molar-refractivity contribution >= 4 is 28.7 Å². The van der Waals surface area contributed by atoms with E-state index in [1.54, 1.807) is 0 Å². The number of amides is 2. The van der Waals surface area contributed by atoms with Gasteiger partial charge in [0.05, 0.1) is 13.2 Å². The lowest BCUT2D eigenvalue weighted by atomic mass is 10.3. The second kappa shape index (κ2) is 10.0. The van der Waals surface area contributed by atoms with E-state index in [1.807, 2.05) is 19.0 Å². The summed E-state index contributed by atoms with van der Waals surface area (Å²) in [6, 6.07) is 0. The molecule has 0 fully saturated rings. The molecule has 0 unspecified atom stereocenters. The average Bonchev–Trinajstić information content (AvgIpc) is 2.99. The van der Waals surface area contributed by atoms with Crippen molar-refractivity contribution in [3.05, 3.63) is 10.4 Å². The van der Waals surface area contributed by atoms with Crippen LogP contribution in [-0.4, -0.2) is 91.7 Å². The highest BCUT2D eigenvalue weighted by Gasteiger charge is 2.21. The summed E-state index contributed by atoms with van der Waals surface area (Å²) in [5.74, 6) is -1.13. The second-order valence-corrected chi connectivity index (χ2v) is 6.45. The molecular formula is C15H24N8O6. The van der Waals surface area contributed by atoms with E-state index >= 15 is 0 Å². The van der Waals surface area contributed by atoms with Crippen LogP contribution in [0.1, 0.15) is 6.42 Å². The van der Waals surface area contributed by atoms with Gasteiger partial charge in [0, 0.05) is 13.0 Å². The Bertz CT molecular complexity index is 919. The summed E-state index contributed by atoms with van der Waals surface area (Å²) in [5.41, 5.74) is 4.40. The summed E-state index contributed by atoms with van der Waals surface area (Å²) >= 11 is 0. The molecule has 0 aliphatic heterocycles. The molecule has 2 aromatic rings. The third-order valence-electron chi connectivity index (χ3n) is 3.81. The number of primary amides is 1. The maximum absolute atomic E-state index is 12.8. The number of nitrogens with one attached hydrogen (secondary N) is 1. The Morgan fingerprint density at radius 3 is 2.55 bits per heavy atom. The first-order valence-corrected chi connectivity index (χ1v) is 8.67. The zero-order valence-electron chi connectivity index (χ0n) is 16.1. The number of aliphatic hydroxyl groups is 2. The first kappa shape index (κ1) is 22.4. The Morgan fingerprint density at radius 2 is 1.97 bits per heavy atom. The highest BCUT2D eigenvalue weighted by molar-refractivity contribution is 5.98.